The Bertz CT molecular complexity index is 516. The smallest absolute Gasteiger partial charge is 0.0512 e. The minimum atomic E-state index is 0.459. The third-order valence-corrected chi connectivity index (χ3v) is 5.53. The largest absolute Gasteiger partial charge is 0.309 e. The van der Waals surface area contributed by atoms with Gasteiger partial charge in [0, 0.05) is 15.5 Å². The number of benzene rings is 1. The summed E-state index contributed by atoms with van der Waals surface area (Å²) >= 11 is 3.81. The van der Waals surface area contributed by atoms with Crippen LogP contribution in [0.15, 0.2) is 40.6 Å². The maximum absolute atomic E-state index is 3.68. The van der Waals surface area contributed by atoms with Gasteiger partial charge < -0.3 is 5.32 Å². The lowest BCUT2D eigenvalue weighted by Gasteiger charge is -2.18. The molecule has 1 nitrogen and oxygen atoms in total. The summed E-state index contributed by atoms with van der Waals surface area (Å²) in [4.78, 5) is 2.84. The normalized spacial score (nSPS) is 12.6. The lowest BCUT2D eigenvalue weighted by Crippen LogP contribution is -2.23. The second-order valence-electron chi connectivity index (χ2n) is 5.10. The number of hydrogen-bond acceptors (Lipinski definition) is 3. The first-order chi connectivity index (χ1) is 9.70. The lowest BCUT2D eigenvalue weighted by atomic mass is 10.2. The van der Waals surface area contributed by atoms with E-state index in [1.54, 1.807) is 0 Å². The van der Waals surface area contributed by atoms with Gasteiger partial charge in [-0.2, -0.15) is 0 Å². The zero-order valence-corrected chi connectivity index (χ0v) is 14.1. The van der Waals surface area contributed by atoms with Gasteiger partial charge in [0.25, 0.3) is 0 Å². The van der Waals surface area contributed by atoms with Crippen molar-refractivity contribution in [3.05, 3.63) is 51.7 Å². The molecule has 3 heteroatoms. The van der Waals surface area contributed by atoms with Gasteiger partial charge in [-0.25, -0.2) is 0 Å². The molecule has 1 atom stereocenters. The molecule has 0 aliphatic carbocycles. The predicted molar refractivity (Wildman–Crippen MR) is 92.0 cm³/mol. The highest BCUT2D eigenvalue weighted by atomic mass is 32.2. The molecule has 0 fully saturated rings. The monoisotopic (exact) mass is 305 g/mol. The summed E-state index contributed by atoms with van der Waals surface area (Å²) in [6.07, 6.45) is 1.18. The highest BCUT2D eigenvalue weighted by molar-refractivity contribution is 7.99. The van der Waals surface area contributed by atoms with Gasteiger partial charge in [-0.1, -0.05) is 24.6 Å². The van der Waals surface area contributed by atoms with E-state index in [9.17, 15) is 0 Å². The Balaban J connectivity index is 2.01. The quantitative estimate of drug-likeness (QED) is 0.706. The molecule has 0 saturated heterocycles. The molecule has 2 aromatic rings. The van der Waals surface area contributed by atoms with Crippen molar-refractivity contribution in [3.63, 3.8) is 0 Å². The van der Waals surface area contributed by atoms with Gasteiger partial charge in [-0.15, -0.1) is 23.1 Å². The minimum absolute atomic E-state index is 0.459. The average molecular weight is 306 g/mol. The SMILES string of the molecule is CCCNC(CSc1ccc(C)cc1)c1sccc1C. The Labute approximate surface area is 130 Å². The van der Waals surface area contributed by atoms with Crippen molar-refractivity contribution >= 4 is 23.1 Å². The van der Waals surface area contributed by atoms with Gasteiger partial charge in [-0.05, 0) is 56.0 Å². The van der Waals surface area contributed by atoms with Crippen LogP contribution in [0.25, 0.3) is 0 Å². The molecule has 0 radical (unpaired) electrons. The molecule has 0 spiro atoms. The van der Waals surface area contributed by atoms with Gasteiger partial charge in [0.1, 0.15) is 0 Å². The van der Waals surface area contributed by atoms with Crippen LogP contribution in [0.2, 0.25) is 0 Å². The first kappa shape index (κ1) is 15.6. The Morgan fingerprint density at radius 3 is 2.50 bits per heavy atom. The van der Waals surface area contributed by atoms with E-state index in [2.05, 4.69) is 61.8 Å². The summed E-state index contributed by atoms with van der Waals surface area (Å²) in [6, 6.07) is 11.5. The summed E-state index contributed by atoms with van der Waals surface area (Å²) in [5, 5.41) is 5.88. The van der Waals surface area contributed by atoms with E-state index in [4.69, 9.17) is 0 Å². The third-order valence-electron chi connectivity index (χ3n) is 3.30. The van der Waals surface area contributed by atoms with Crippen LogP contribution in [0.5, 0.6) is 0 Å². The van der Waals surface area contributed by atoms with E-state index in [0.29, 0.717) is 6.04 Å². The van der Waals surface area contributed by atoms with Crippen molar-refractivity contribution < 1.29 is 0 Å². The van der Waals surface area contributed by atoms with E-state index in [-0.39, 0.29) is 0 Å². The van der Waals surface area contributed by atoms with E-state index in [0.717, 1.165) is 12.3 Å². The van der Waals surface area contributed by atoms with Crippen LogP contribution in [-0.4, -0.2) is 12.3 Å². The van der Waals surface area contributed by atoms with Crippen LogP contribution in [-0.2, 0) is 0 Å². The van der Waals surface area contributed by atoms with Crippen molar-refractivity contribution in [2.75, 3.05) is 12.3 Å². The van der Waals surface area contributed by atoms with Gasteiger partial charge in [-0.3, -0.25) is 0 Å². The first-order valence-corrected chi connectivity index (χ1v) is 9.04. The molecule has 20 heavy (non-hydrogen) atoms. The molecule has 0 amide bonds. The van der Waals surface area contributed by atoms with Crippen molar-refractivity contribution in [2.24, 2.45) is 0 Å². The molecule has 1 aromatic carbocycles. The number of rotatable bonds is 7. The molecule has 0 saturated carbocycles. The van der Waals surface area contributed by atoms with Crippen molar-refractivity contribution in [1.82, 2.24) is 5.32 Å². The Morgan fingerprint density at radius 1 is 1.15 bits per heavy atom. The fraction of sp³-hybridized carbons (Fsp3) is 0.412. The fourth-order valence-corrected chi connectivity index (χ4v) is 4.18. The number of hydrogen-bond donors (Lipinski definition) is 1. The summed E-state index contributed by atoms with van der Waals surface area (Å²) in [5.41, 5.74) is 2.73. The van der Waals surface area contributed by atoms with Crippen LogP contribution < -0.4 is 5.32 Å². The Kier molecular flexibility index (Phi) is 6.14. The molecule has 2 rings (SSSR count). The van der Waals surface area contributed by atoms with Crippen LogP contribution in [0.3, 0.4) is 0 Å². The van der Waals surface area contributed by atoms with Crippen LogP contribution in [0.4, 0.5) is 0 Å². The molecule has 1 aromatic heterocycles. The van der Waals surface area contributed by atoms with Gasteiger partial charge in [0.15, 0.2) is 0 Å². The number of nitrogens with one attached hydrogen (secondary N) is 1. The number of thioether (sulfide) groups is 1. The Morgan fingerprint density at radius 2 is 1.90 bits per heavy atom. The molecule has 1 N–H and O–H groups in total. The van der Waals surface area contributed by atoms with Crippen LogP contribution in [0, 0.1) is 13.8 Å². The van der Waals surface area contributed by atoms with Crippen molar-refractivity contribution in [1.29, 1.82) is 0 Å². The van der Waals surface area contributed by atoms with Gasteiger partial charge in [0.05, 0.1) is 6.04 Å². The standard InChI is InChI=1S/C17H23NS2/c1-4-10-18-16(17-14(3)9-11-19-17)12-20-15-7-5-13(2)6-8-15/h5-9,11,16,18H,4,10,12H2,1-3H3. The minimum Gasteiger partial charge on any atom is -0.309 e. The molecule has 1 unspecified atom stereocenters. The number of thiophene rings is 1. The topological polar surface area (TPSA) is 12.0 Å². The molecular weight excluding hydrogens is 282 g/mol. The van der Waals surface area contributed by atoms with E-state index >= 15 is 0 Å². The highest BCUT2D eigenvalue weighted by Gasteiger charge is 2.14. The van der Waals surface area contributed by atoms with Crippen LogP contribution >= 0.6 is 23.1 Å². The second kappa shape index (κ2) is 7.87. The maximum atomic E-state index is 3.68. The third kappa shape index (κ3) is 4.37. The summed E-state index contributed by atoms with van der Waals surface area (Å²) in [5.74, 6) is 1.09. The summed E-state index contributed by atoms with van der Waals surface area (Å²) < 4.78 is 0. The average Bonchev–Trinajstić information content (AvgIpc) is 2.87. The second-order valence-corrected chi connectivity index (χ2v) is 7.14. The fourth-order valence-electron chi connectivity index (χ4n) is 2.10. The predicted octanol–water partition coefficient (Wildman–Crippen LogP) is 5.20. The summed E-state index contributed by atoms with van der Waals surface area (Å²) in [6.45, 7) is 7.65. The molecule has 1 heterocycles. The van der Waals surface area contributed by atoms with E-state index in [1.165, 1.54) is 27.3 Å². The molecular formula is C17H23NS2. The molecule has 0 aliphatic rings. The zero-order valence-electron chi connectivity index (χ0n) is 12.5. The van der Waals surface area contributed by atoms with Crippen LogP contribution in [0.1, 0.15) is 35.4 Å². The van der Waals surface area contributed by atoms with Gasteiger partial charge >= 0.3 is 0 Å². The van der Waals surface area contributed by atoms with Crippen molar-refractivity contribution in [3.8, 4) is 0 Å². The molecule has 0 aliphatic heterocycles. The molecule has 0 bridgehead atoms. The highest BCUT2D eigenvalue weighted by Crippen LogP contribution is 2.29. The van der Waals surface area contributed by atoms with Crippen molar-refractivity contribution in [2.45, 2.75) is 38.1 Å². The first-order valence-electron chi connectivity index (χ1n) is 7.17. The van der Waals surface area contributed by atoms with E-state index < -0.39 is 0 Å². The lowest BCUT2D eigenvalue weighted by molar-refractivity contribution is 0.583. The summed E-state index contributed by atoms with van der Waals surface area (Å²) in [7, 11) is 0. The van der Waals surface area contributed by atoms with Gasteiger partial charge in [0.2, 0.25) is 0 Å². The maximum Gasteiger partial charge on any atom is 0.0512 e. The Hall–Kier alpha value is -0.770. The number of aryl methyl sites for hydroxylation is 2. The zero-order chi connectivity index (χ0) is 14.4. The molecule has 108 valence electrons. The van der Waals surface area contributed by atoms with E-state index in [1.807, 2.05) is 23.1 Å².